The highest BCUT2D eigenvalue weighted by Gasteiger charge is 2.32. The van der Waals surface area contributed by atoms with E-state index in [1.165, 1.54) is 24.3 Å². The van der Waals surface area contributed by atoms with Crippen molar-refractivity contribution in [2.45, 2.75) is 47.6 Å². The molecular weight excluding hydrogens is 372 g/mol. The van der Waals surface area contributed by atoms with Crippen LogP contribution in [0.1, 0.15) is 25.7 Å². The van der Waals surface area contributed by atoms with Gasteiger partial charge in [0.15, 0.2) is 0 Å². The number of hydrogen-bond acceptors (Lipinski definition) is 4. The molecule has 0 radical (unpaired) electrons. The van der Waals surface area contributed by atoms with E-state index in [-0.39, 0.29) is 9.79 Å². The first-order chi connectivity index (χ1) is 12.4. The van der Waals surface area contributed by atoms with Crippen LogP contribution in [0, 0.1) is 0 Å². The van der Waals surface area contributed by atoms with Gasteiger partial charge in [0, 0.05) is 12.1 Å². The molecule has 0 aliphatic heterocycles. The van der Waals surface area contributed by atoms with Crippen molar-refractivity contribution in [1.82, 2.24) is 9.44 Å². The molecule has 0 heterocycles. The van der Waals surface area contributed by atoms with Crippen LogP contribution in [-0.2, 0) is 20.0 Å². The summed E-state index contributed by atoms with van der Waals surface area (Å²) in [6.07, 6.45) is 2.89. The summed E-state index contributed by atoms with van der Waals surface area (Å²) >= 11 is 0. The Morgan fingerprint density at radius 1 is 0.615 bits per heavy atom. The Kier molecular flexibility index (Phi) is 5.76. The van der Waals surface area contributed by atoms with E-state index in [9.17, 15) is 16.8 Å². The van der Waals surface area contributed by atoms with Gasteiger partial charge in [-0.3, -0.25) is 0 Å². The first-order valence-electron chi connectivity index (χ1n) is 8.53. The smallest absolute Gasteiger partial charge is 0.207 e. The Labute approximate surface area is 154 Å². The van der Waals surface area contributed by atoms with Gasteiger partial charge in [0.05, 0.1) is 9.79 Å². The molecule has 0 spiro atoms. The number of hydrogen-bond donors (Lipinski definition) is 2. The standard InChI is InChI=1S/C18H22N2O4S2/c21-25(22,15-9-3-1-4-10-15)19-17-13-7-8-14-18(17)20-26(23,24)16-11-5-2-6-12-16/h1-6,9-12,17-20H,7-8,13-14H2/t17-,18-/m1/s1. The van der Waals surface area contributed by atoms with Crippen molar-refractivity contribution in [2.24, 2.45) is 0 Å². The summed E-state index contributed by atoms with van der Waals surface area (Å²) in [6, 6.07) is 15.3. The minimum Gasteiger partial charge on any atom is -0.207 e. The van der Waals surface area contributed by atoms with Crippen molar-refractivity contribution >= 4 is 20.0 Å². The van der Waals surface area contributed by atoms with Crippen LogP contribution in [0.25, 0.3) is 0 Å². The predicted molar refractivity (Wildman–Crippen MR) is 99.6 cm³/mol. The molecule has 2 aromatic rings. The van der Waals surface area contributed by atoms with Gasteiger partial charge in [-0.25, -0.2) is 26.3 Å². The molecule has 6 nitrogen and oxygen atoms in total. The highest BCUT2D eigenvalue weighted by atomic mass is 32.2. The molecule has 2 aromatic carbocycles. The van der Waals surface area contributed by atoms with E-state index in [4.69, 9.17) is 0 Å². The number of rotatable bonds is 6. The first kappa shape index (κ1) is 19.0. The molecule has 140 valence electrons. The van der Waals surface area contributed by atoms with Crippen molar-refractivity contribution in [3.8, 4) is 0 Å². The lowest BCUT2D eigenvalue weighted by Gasteiger charge is -2.32. The Bertz CT molecular complexity index is 850. The minimum absolute atomic E-state index is 0.176. The highest BCUT2D eigenvalue weighted by molar-refractivity contribution is 7.90. The quantitative estimate of drug-likeness (QED) is 0.786. The fourth-order valence-electron chi connectivity index (χ4n) is 3.15. The van der Waals surface area contributed by atoms with Crippen LogP contribution >= 0.6 is 0 Å². The predicted octanol–water partition coefficient (Wildman–Crippen LogP) is 2.25. The largest absolute Gasteiger partial charge is 0.240 e. The van der Waals surface area contributed by atoms with Crippen LogP contribution in [0.3, 0.4) is 0 Å². The monoisotopic (exact) mass is 394 g/mol. The van der Waals surface area contributed by atoms with Crippen molar-refractivity contribution in [3.05, 3.63) is 60.7 Å². The van der Waals surface area contributed by atoms with Gasteiger partial charge in [-0.05, 0) is 37.1 Å². The van der Waals surface area contributed by atoms with Crippen LogP contribution in [0.15, 0.2) is 70.5 Å². The molecule has 2 N–H and O–H groups in total. The second-order valence-electron chi connectivity index (χ2n) is 6.37. The Morgan fingerprint density at radius 2 is 0.962 bits per heavy atom. The lowest BCUT2D eigenvalue weighted by Crippen LogP contribution is -2.52. The lowest BCUT2D eigenvalue weighted by atomic mass is 9.92. The van der Waals surface area contributed by atoms with Gasteiger partial charge in [0.2, 0.25) is 20.0 Å². The van der Waals surface area contributed by atoms with Gasteiger partial charge in [-0.1, -0.05) is 49.2 Å². The molecule has 26 heavy (non-hydrogen) atoms. The Hall–Kier alpha value is -1.74. The molecule has 0 aromatic heterocycles. The van der Waals surface area contributed by atoms with Gasteiger partial charge in [0.1, 0.15) is 0 Å². The summed E-state index contributed by atoms with van der Waals surface area (Å²) in [6.45, 7) is 0. The SMILES string of the molecule is O=S(=O)(N[C@@H]1CCCC[C@H]1NS(=O)(=O)c1ccccc1)c1ccccc1. The average Bonchev–Trinajstić information content (AvgIpc) is 2.64. The number of benzene rings is 2. The zero-order valence-electron chi connectivity index (χ0n) is 14.2. The van der Waals surface area contributed by atoms with E-state index in [2.05, 4.69) is 9.44 Å². The van der Waals surface area contributed by atoms with Crippen LogP contribution < -0.4 is 9.44 Å². The summed E-state index contributed by atoms with van der Waals surface area (Å²) in [5.74, 6) is 0. The number of sulfonamides is 2. The molecule has 1 fully saturated rings. The zero-order chi connectivity index (χ0) is 18.6. The summed E-state index contributed by atoms with van der Waals surface area (Å²) < 4.78 is 55.7. The molecule has 2 atom stereocenters. The van der Waals surface area contributed by atoms with E-state index >= 15 is 0 Å². The third kappa shape index (κ3) is 4.50. The second kappa shape index (κ2) is 7.87. The topological polar surface area (TPSA) is 92.3 Å². The molecule has 1 aliphatic rings. The van der Waals surface area contributed by atoms with Gasteiger partial charge >= 0.3 is 0 Å². The van der Waals surface area contributed by atoms with Crippen molar-refractivity contribution < 1.29 is 16.8 Å². The molecule has 0 saturated heterocycles. The number of nitrogens with one attached hydrogen (secondary N) is 2. The summed E-state index contributed by atoms with van der Waals surface area (Å²) in [5, 5.41) is 0. The fourth-order valence-corrected chi connectivity index (χ4v) is 5.81. The molecular formula is C18H22N2O4S2. The molecule has 8 heteroatoms. The minimum atomic E-state index is -3.70. The molecule has 0 bridgehead atoms. The summed E-state index contributed by atoms with van der Waals surface area (Å²) in [4.78, 5) is 0.352. The third-order valence-corrected chi connectivity index (χ3v) is 7.50. The average molecular weight is 395 g/mol. The molecule has 1 aliphatic carbocycles. The molecule has 1 saturated carbocycles. The van der Waals surface area contributed by atoms with E-state index in [1.807, 2.05) is 0 Å². The highest BCUT2D eigenvalue weighted by Crippen LogP contribution is 2.22. The normalized spacial score (nSPS) is 21.4. The Morgan fingerprint density at radius 3 is 1.31 bits per heavy atom. The summed E-state index contributed by atoms with van der Waals surface area (Å²) in [5.41, 5.74) is 0. The fraction of sp³-hybridized carbons (Fsp3) is 0.333. The lowest BCUT2D eigenvalue weighted by molar-refractivity contribution is 0.340. The van der Waals surface area contributed by atoms with Gasteiger partial charge in [-0.15, -0.1) is 0 Å². The maximum atomic E-state index is 12.6. The third-order valence-electron chi connectivity index (χ3n) is 4.49. The molecule has 3 rings (SSSR count). The van der Waals surface area contributed by atoms with Crippen molar-refractivity contribution in [3.63, 3.8) is 0 Å². The van der Waals surface area contributed by atoms with Gasteiger partial charge < -0.3 is 0 Å². The van der Waals surface area contributed by atoms with Gasteiger partial charge in [-0.2, -0.15) is 0 Å². The van der Waals surface area contributed by atoms with Crippen LogP contribution in [0.2, 0.25) is 0 Å². The van der Waals surface area contributed by atoms with E-state index in [1.54, 1.807) is 36.4 Å². The first-order valence-corrected chi connectivity index (χ1v) is 11.5. The Balaban J connectivity index is 1.78. The summed E-state index contributed by atoms with van der Waals surface area (Å²) in [7, 11) is -7.40. The maximum Gasteiger partial charge on any atom is 0.240 e. The van der Waals surface area contributed by atoms with Gasteiger partial charge in [0.25, 0.3) is 0 Å². The zero-order valence-corrected chi connectivity index (χ0v) is 15.8. The van der Waals surface area contributed by atoms with E-state index < -0.39 is 32.1 Å². The van der Waals surface area contributed by atoms with Crippen LogP contribution in [0.4, 0.5) is 0 Å². The van der Waals surface area contributed by atoms with Crippen molar-refractivity contribution in [2.75, 3.05) is 0 Å². The van der Waals surface area contributed by atoms with E-state index in [0.717, 1.165) is 12.8 Å². The van der Waals surface area contributed by atoms with E-state index in [0.29, 0.717) is 12.8 Å². The maximum absolute atomic E-state index is 12.6. The second-order valence-corrected chi connectivity index (χ2v) is 9.79. The van der Waals surface area contributed by atoms with Crippen LogP contribution in [0.5, 0.6) is 0 Å². The molecule has 0 unspecified atom stereocenters. The van der Waals surface area contributed by atoms with Crippen molar-refractivity contribution in [1.29, 1.82) is 0 Å². The molecule has 0 amide bonds. The van der Waals surface area contributed by atoms with Crippen LogP contribution in [-0.4, -0.2) is 28.9 Å².